The summed E-state index contributed by atoms with van der Waals surface area (Å²) in [6, 6.07) is 6.93. The standard InChI is InChI=1S/C13H9Cl2F2NO/c14-9-4-8(5-10(15)12(9)17)18-6-7-2-1-3-11(16)13(7)19/h1-5,18-19H,6H2. The molecule has 0 unspecified atom stereocenters. The highest BCUT2D eigenvalue weighted by molar-refractivity contribution is 6.35. The second-order valence-corrected chi connectivity index (χ2v) is 4.67. The lowest BCUT2D eigenvalue weighted by molar-refractivity contribution is 0.427. The largest absolute Gasteiger partial charge is 0.505 e. The normalized spacial score (nSPS) is 10.5. The molecule has 6 heteroatoms. The van der Waals surface area contributed by atoms with Gasteiger partial charge in [0, 0.05) is 17.8 Å². The van der Waals surface area contributed by atoms with Gasteiger partial charge in [0.15, 0.2) is 17.4 Å². The Labute approximate surface area is 118 Å². The van der Waals surface area contributed by atoms with E-state index in [1.165, 1.54) is 18.2 Å². The third kappa shape index (κ3) is 3.08. The molecule has 0 atom stereocenters. The molecule has 0 amide bonds. The zero-order valence-corrected chi connectivity index (χ0v) is 11.1. The summed E-state index contributed by atoms with van der Waals surface area (Å²) >= 11 is 11.3. The van der Waals surface area contributed by atoms with Crippen molar-refractivity contribution in [3.8, 4) is 5.75 Å². The van der Waals surface area contributed by atoms with E-state index in [4.69, 9.17) is 23.2 Å². The van der Waals surface area contributed by atoms with E-state index in [0.717, 1.165) is 6.07 Å². The van der Waals surface area contributed by atoms with Crippen molar-refractivity contribution < 1.29 is 13.9 Å². The molecule has 0 bridgehead atoms. The van der Waals surface area contributed by atoms with Crippen LogP contribution in [0, 0.1) is 11.6 Å². The van der Waals surface area contributed by atoms with Crippen molar-refractivity contribution in [3.63, 3.8) is 0 Å². The Hall–Kier alpha value is -1.52. The molecule has 19 heavy (non-hydrogen) atoms. The Kier molecular flexibility index (Phi) is 4.12. The molecule has 0 saturated heterocycles. The van der Waals surface area contributed by atoms with Gasteiger partial charge in [0.2, 0.25) is 0 Å². The molecule has 2 N–H and O–H groups in total. The molecule has 0 radical (unpaired) electrons. The molecule has 0 heterocycles. The molecular weight excluding hydrogens is 295 g/mol. The van der Waals surface area contributed by atoms with Crippen LogP contribution in [-0.2, 0) is 6.54 Å². The molecule has 0 saturated carbocycles. The van der Waals surface area contributed by atoms with Crippen LogP contribution in [0.4, 0.5) is 14.5 Å². The van der Waals surface area contributed by atoms with Crippen molar-refractivity contribution in [2.75, 3.05) is 5.32 Å². The second-order valence-electron chi connectivity index (χ2n) is 3.85. The van der Waals surface area contributed by atoms with Crippen LogP contribution in [0.2, 0.25) is 10.0 Å². The van der Waals surface area contributed by atoms with E-state index < -0.39 is 17.4 Å². The van der Waals surface area contributed by atoms with Gasteiger partial charge in [-0.15, -0.1) is 0 Å². The minimum absolute atomic E-state index is 0.113. The number of halogens is 4. The SMILES string of the molecule is Oc1c(F)cccc1CNc1cc(Cl)c(F)c(Cl)c1. The lowest BCUT2D eigenvalue weighted by Crippen LogP contribution is -2.01. The first kappa shape index (κ1) is 13.9. The molecule has 2 aromatic rings. The minimum atomic E-state index is -0.700. The van der Waals surface area contributed by atoms with Crippen LogP contribution < -0.4 is 5.32 Å². The quantitative estimate of drug-likeness (QED) is 0.813. The summed E-state index contributed by atoms with van der Waals surface area (Å²) in [5.41, 5.74) is 0.844. The maximum absolute atomic E-state index is 13.2. The second kappa shape index (κ2) is 5.63. The summed E-state index contributed by atoms with van der Waals surface area (Å²) in [6.45, 7) is 0.155. The molecule has 2 rings (SSSR count). The van der Waals surface area contributed by atoms with Gasteiger partial charge in [-0.2, -0.15) is 0 Å². The van der Waals surface area contributed by atoms with Gasteiger partial charge in [-0.25, -0.2) is 8.78 Å². The Bertz CT molecular complexity index is 597. The van der Waals surface area contributed by atoms with Gasteiger partial charge in [-0.1, -0.05) is 35.3 Å². The number of nitrogens with one attached hydrogen (secondary N) is 1. The summed E-state index contributed by atoms with van der Waals surface area (Å²) in [7, 11) is 0. The Morgan fingerprint density at radius 1 is 1.11 bits per heavy atom. The van der Waals surface area contributed by atoms with Gasteiger partial charge in [0.1, 0.15) is 0 Å². The van der Waals surface area contributed by atoms with Crippen LogP contribution in [0.3, 0.4) is 0 Å². The van der Waals surface area contributed by atoms with Crippen LogP contribution in [0.5, 0.6) is 5.75 Å². The molecule has 100 valence electrons. The van der Waals surface area contributed by atoms with Crippen molar-refractivity contribution in [1.82, 2.24) is 0 Å². The average Bonchev–Trinajstić information content (AvgIpc) is 2.37. The third-order valence-electron chi connectivity index (χ3n) is 2.54. The van der Waals surface area contributed by atoms with E-state index in [9.17, 15) is 13.9 Å². The summed E-state index contributed by atoms with van der Waals surface area (Å²) in [4.78, 5) is 0. The van der Waals surface area contributed by atoms with Crippen molar-refractivity contribution in [1.29, 1.82) is 0 Å². The van der Waals surface area contributed by atoms with E-state index in [-0.39, 0.29) is 16.6 Å². The van der Waals surface area contributed by atoms with E-state index in [1.54, 1.807) is 6.07 Å². The topological polar surface area (TPSA) is 32.3 Å². The number of benzene rings is 2. The highest BCUT2D eigenvalue weighted by Gasteiger charge is 2.09. The lowest BCUT2D eigenvalue weighted by atomic mass is 10.2. The molecule has 0 spiro atoms. The van der Waals surface area contributed by atoms with Gasteiger partial charge >= 0.3 is 0 Å². The minimum Gasteiger partial charge on any atom is -0.505 e. The smallest absolute Gasteiger partial charge is 0.165 e. The number of aromatic hydroxyl groups is 1. The zero-order chi connectivity index (χ0) is 14.0. The van der Waals surface area contributed by atoms with Crippen molar-refractivity contribution >= 4 is 28.9 Å². The number of anilines is 1. The molecular formula is C13H9Cl2F2NO. The van der Waals surface area contributed by atoms with E-state index in [0.29, 0.717) is 11.3 Å². The fourth-order valence-electron chi connectivity index (χ4n) is 1.56. The summed E-state index contributed by atoms with van der Waals surface area (Å²) < 4.78 is 26.3. The Morgan fingerprint density at radius 3 is 2.37 bits per heavy atom. The van der Waals surface area contributed by atoms with Crippen molar-refractivity contribution in [2.24, 2.45) is 0 Å². The maximum Gasteiger partial charge on any atom is 0.165 e. The fraction of sp³-hybridized carbons (Fsp3) is 0.0769. The fourth-order valence-corrected chi connectivity index (χ4v) is 2.04. The van der Waals surface area contributed by atoms with Gasteiger partial charge in [-0.3, -0.25) is 0 Å². The number of hydrogen-bond acceptors (Lipinski definition) is 2. The predicted octanol–water partition coefficient (Wildman–Crippen LogP) is 4.59. The third-order valence-corrected chi connectivity index (χ3v) is 3.09. The van der Waals surface area contributed by atoms with Gasteiger partial charge < -0.3 is 10.4 Å². The first-order valence-corrected chi connectivity index (χ1v) is 6.09. The molecule has 2 aromatic carbocycles. The van der Waals surface area contributed by atoms with E-state index >= 15 is 0 Å². The predicted molar refractivity (Wildman–Crippen MR) is 71.8 cm³/mol. The van der Waals surface area contributed by atoms with Crippen LogP contribution in [0.1, 0.15) is 5.56 Å². The average molecular weight is 304 g/mol. The first-order valence-electron chi connectivity index (χ1n) is 5.34. The Morgan fingerprint density at radius 2 is 1.74 bits per heavy atom. The highest BCUT2D eigenvalue weighted by atomic mass is 35.5. The Balaban J connectivity index is 2.17. The summed E-state index contributed by atoms with van der Waals surface area (Å²) in [6.07, 6.45) is 0. The van der Waals surface area contributed by atoms with Crippen LogP contribution in [-0.4, -0.2) is 5.11 Å². The summed E-state index contributed by atoms with van der Waals surface area (Å²) in [5.74, 6) is -1.81. The van der Waals surface area contributed by atoms with Crippen LogP contribution in [0.25, 0.3) is 0 Å². The highest BCUT2D eigenvalue weighted by Crippen LogP contribution is 2.28. The molecule has 0 aliphatic heterocycles. The number of phenols is 1. The summed E-state index contributed by atoms with van der Waals surface area (Å²) in [5, 5.41) is 12.2. The lowest BCUT2D eigenvalue weighted by Gasteiger charge is -2.10. The van der Waals surface area contributed by atoms with Crippen molar-refractivity contribution in [2.45, 2.75) is 6.54 Å². The first-order chi connectivity index (χ1) is 8.99. The number of phenolic OH excluding ortho intramolecular Hbond substituents is 1. The van der Waals surface area contributed by atoms with Gasteiger partial charge in [0.05, 0.1) is 10.0 Å². The molecule has 0 fully saturated rings. The van der Waals surface area contributed by atoms with Gasteiger partial charge in [0.25, 0.3) is 0 Å². The number of rotatable bonds is 3. The van der Waals surface area contributed by atoms with Crippen LogP contribution >= 0.6 is 23.2 Å². The monoisotopic (exact) mass is 303 g/mol. The number of para-hydroxylation sites is 1. The van der Waals surface area contributed by atoms with E-state index in [2.05, 4.69) is 5.32 Å². The molecule has 0 aromatic heterocycles. The van der Waals surface area contributed by atoms with Crippen molar-refractivity contribution in [3.05, 3.63) is 57.6 Å². The van der Waals surface area contributed by atoms with E-state index in [1.807, 2.05) is 0 Å². The molecule has 0 aliphatic carbocycles. The van der Waals surface area contributed by atoms with Crippen LogP contribution in [0.15, 0.2) is 30.3 Å². The maximum atomic E-state index is 13.2. The van der Waals surface area contributed by atoms with Gasteiger partial charge in [-0.05, 0) is 18.2 Å². The number of hydrogen-bond donors (Lipinski definition) is 2. The molecule has 0 aliphatic rings. The molecule has 2 nitrogen and oxygen atoms in total. The zero-order valence-electron chi connectivity index (χ0n) is 9.55.